The molecule has 0 aromatic heterocycles. The van der Waals surface area contributed by atoms with E-state index in [9.17, 15) is 4.79 Å². The highest BCUT2D eigenvalue weighted by Gasteiger charge is 2.28. The van der Waals surface area contributed by atoms with Crippen molar-refractivity contribution in [3.05, 3.63) is 65.7 Å². The normalized spacial score (nSPS) is 15.9. The molecule has 1 fully saturated rings. The highest BCUT2D eigenvalue weighted by Crippen LogP contribution is 2.22. The second-order valence-corrected chi connectivity index (χ2v) is 8.59. The molecule has 2 N–H and O–H groups in total. The van der Waals surface area contributed by atoms with Crippen LogP contribution in [0.25, 0.3) is 0 Å². The lowest BCUT2D eigenvalue weighted by Gasteiger charge is -2.34. The molecule has 0 saturated carbocycles. The van der Waals surface area contributed by atoms with Gasteiger partial charge >= 0.3 is 11.9 Å². The summed E-state index contributed by atoms with van der Waals surface area (Å²) in [7, 11) is 1.93. The molecule has 172 valence electrons. The average Bonchev–Trinajstić information content (AvgIpc) is 2.80. The molecule has 1 unspecified atom stereocenters. The molecular weight excluding hydrogens is 428 g/mol. The highest BCUT2D eigenvalue weighted by molar-refractivity contribution is 7.98. The third kappa shape index (κ3) is 8.36. The van der Waals surface area contributed by atoms with Crippen molar-refractivity contribution in [2.45, 2.75) is 30.8 Å². The van der Waals surface area contributed by atoms with Crippen LogP contribution < -0.4 is 0 Å². The highest BCUT2D eigenvalue weighted by atomic mass is 32.2. The molecule has 2 aromatic rings. The van der Waals surface area contributed by atoms with Crippen molar-refractivity contribution < 1.29 is 24.6 Å². The Morgan fingerprint density at radius 1 is 1.00 bits per heavy atom. The molecule has 8 heteroatoms. The Bertz CT molecular complexity index is 877. The second-order valence-electron chi connectivity index (χ2n) is 7.71. The van der Waals surface area contributed by atoms with Crippen molar-refractivity contribution in [1.82, 2.24) is 9.80 Å². The molecule has 0 spiro atoms. The van der Waals surface area contributed by atoms with Gasteiger partial charge in [0.15, 0.2) is 0 Å². The van der Waals surface area contributed by atoms with Gasteiger partial charge in [0.25, 0.3) is 0 Å². The molecule has 32 heavy (non-hydrogen) atoms. The van der Waals surface area contributed by atoms with Gasteiger partial charge in [-0.1, -0.05) is 42.5 Å². The summed E-state index contributed by atoms with van der Waals surface area (Å²) in [4.78, 5) is 36.7. The van der Waals surface area contributed by atoms with Crippen molar-refractivity contribution in [2.75, 3.05) is 26.4 Å². The third-order valence-electron chi connectivity index (χ3n) is 5.24. The van der Waals surface area contributed by atoms with Crippen LogP contribution in [0.3, 0.4) is 0 Å². The third-order valence-corrected chi connectivity index (χ3v) is 5.99. The zero-order valence-corrected chi connectivity index (χ0v) is 19.3. The Kier molecular flexibility index (Phi) is 10.2. The molecule has 1 heterocycles. The van der Waals surface area contributed by atoms with Gasteiger partial charge in [-0.25, -0.2) is 9.59 Å². The molecule has 1 saturated heterocycles. The number of rotatable bonds is 6. The van der Waals surface area contributed by atoms with E-state index in [1.54, 1.807) is 11.8 Å². The maximum Gasteiger partial charge on any atom is 0.414 e. The lowest BCUT2D eigenvalue weighted by molar-refractivity contribution is -0.159. The summed E-state index contributed by atoms with van der Waals surface area (Å²) in [5.74, 6) is -3.26. The van der Waals surface area contributed by atoms with Crippen molar-refractivity contribution in [3.8, 4) is 0 Å². The number of carboxylic acids is 2. The minimum absolute atomic E-state index is 0.114. The van der Waals surface area contributed by atoms with E-state index in [-0.39, 0.29) is 11.8 Å². The van der Waals surface area contributed by atoms with E-state index in [1.807, 2.05) is 30.1 Å². The van der Waals surface area contributed by atoms with Crippen LogP contribution in [-0.2, 0) is 27.5 Å². The fourth-order valence-electron chi connectivity index (χ4n) is 3.64. The van der Waals surface area contributed by atoms with Crippen LogP contribution in [0.15, 0.2) is 59.5 Å². The number of aliphatic carboxylic acids is 2. The first kappa shape index (κ1) is 25.4. The number of likely N-dealkylation sites (tertiary alicyclic amines) is 1. The Balaban J connectivity index is 0.000000534. The number of nitrogens with zero attached hydrogens (tertiary/aromatic N) is 2. The predicted molar refractivity (Wildman–Crippen MR) is 124 cm³/mol. The average molecular weight is 459 g/mol. The first-order valence-electron chi connectivity index (χ1n) is 10.4. The number of piperidine rings is 1. The van der Waals surface area contributed by atoms with Crippen molar-refractivity contribution in [1.29, 1.82) is 0 Å². The topological polar surface area (TPSA) is 98.2 Å². The number of carbonyl (C=O) groups excluding carboxylic acids is 1. The van der Waals surface area contributed by atoms with Gasteiger partial charge in [-0.05, 0) is 48.9 Å². The van der Waals surface area contributed by atoms with Gasteiger partial charge in [0, 0.05) is 31.6 Å². The molecule has 1 atom stereocenters. The number of thioether (sulfide) groups is 1. The van der Waals surface area contributed by atoms with Crippen molar-refractivity contribution in [2.24, 2.45) is 5.92 Å². The molecule has 0 radical (unpaired) electrons. The van der Waals surface area contributed by atoms with Crippen LogP contribution in [-0.4, -0.2) is 64.3 Å². The van der Waals surface area contributed by atoms with E-state index in [1.165, 1.54) is 16.0 Å². The summed E-state index contributed by atoms with van der Waals surface area (Å²) in [6.45, 7) is 3.56. The van der Waals surface area contributed by atoms with Crippen LogP contribution in [0.2, 0.25) is 0 Å². The van der Waals surface area contributed by atoms with Crippen LogP contribution in [0.4, 0.5) is 0 Å². The monoisotopic (exact) mass is 458 g/mol. The number of carboxylic acid groups (broad SMARTS) is 2. The molecular formula is C24H30N2O5S. The quantitative estimate of drug-likeness (QED) is 0.505. The SMILES string of the molecule is CSc1ccc(CN2CCCC(C(=O)N(C)Cc3ccccc3)C2)cc1.O=C(O)C(=O)O. The molecule has 7 nitrogen and oxygen atoms in total. The number of benzene rings is 2. The van der Waals surface area contributed by atoms with E-state index in [2.05, 4.69) is 47.6 Å². The minimum atomic E-state index is -1.82. The van der Waals surface area contributed by atoms with Gasteiger partial charge in [-0.3, -0.25) is 9.69 Å². The van der Waals surface area contributed by atoms with Gasteiger partial charge in [0.1, 0.15) is 0 Å². The van der Waals surface area contributed by atoms with Crippen molar-refractivity contribution in [3.63, 3.8) is 0 Å². The largest absolute Gasteiger partial charge is 0.473 e. The second kappa shape index (κ2) is 12.9. The molecule has 1 amide bonds. The molecule has 0 bridgehead atoms. The molecule has 0 aliphatic carbocycles. The zero-order valence-electron chi connectivity index (χ0n) is 18.4. The van der Waals surface area contributed by atoms with Crippen LogP contribution >= 0.6 is 11.8 Å². The Labute approximate surface area is 193 Å². The maximum absolute atomic E-state index is 12.9. The fraction of sp³-hybridized carbons (Fsp3) is 0.375. The van der Waals surface area contributed by atoms with Gasteiger partial charge in [-0.2, -0.15) is 0 Å². The summed E-state index contributed by atoms with van der Waals surface area (Å²) in [5, 5.41) is 14.8. The van der Waals surface area contributed by atoms with Gasteiger partial charge in [-0.15, -0.1) is 11.8 Å². The minimum Gasteiger partial charge on any atom is -0.473 e. The van der Waals surface area contributed by atoms with Crippen LogP contribution in [0, 0.1) is 5.92 Å². The lowest BCUT2D eigenvalue weighted by atomic mass is 9.96. The van der Waals surface area contributed by atoms with E-state index in [0.717, 1.165) is 32.5 Å². The fourth-order valence-corrected chi connectivity index (χ4v) is 4.04. The first-order chi connectivity index (χ1) is 15.3. The molecule has 1 aliphatic rings. The van der Waals surface area contributed by atoms with Crippen molar-refractivity contribution >= 4 is 29.6 Å². The number of hydrogen-bond acceptors (Lipinski definition) is 5. The number of hydrogen-bond donors (Lipinski definition) is 2. The smallest absolute Gasteiger partial charge is 0.414 e. The van der Waals surface area contributed by atoms with E-state index in [0.29, 0.717) is 6.54 Å². The summed E-state index contributed by atoms with van der Waals surface area (Å²) < 4.78 is 0. The maximum atomic E-state index is 12.9. The van der Waals surface area contributed by atoms with Crippen LogP contribution in [0.1, 0.15) is 24.0 Å². The molecule has 3 rings (SSSR count). The Morgan fingerprint density at radius 3 is 2.19 bits per heavy atom. The van der Waals surface area contributed by atoms with Gasteiger partial charge in [0.05, 0.1) is 5.92 Å². The lowest BCUT2D eigenvalue weighted by Crippen LogP contribution is -2.43. The Morgan fingerprint density at radius 2 is 1.62 bits per heavy atom. The Hall–Kier alpha value is -2.84. The first-order valence-corrected chi connectivity index (χ1v) is 11.6. The van der Waals surface area contributed by atoms with E-state index in [4.69, 9.17) is 19.8 Å². The number of carbonyl (C=O) groups is 3. The molecule has 1 aliphatic heterocycles. The number of amides is 1. The van der Waals surface area contributed by atoms with E-state index >= 15 is 0 Å². The van der Waals surface area contributed by atoms with Gasteiger partial charge < -0.3 is 15.1 Å². The summed E-state index contributed by atoms with van der Waals surface area (Å²) >= 11 is 1.77. The van der Waals surface area contributed by atoms with E-state index < -0.39 is 11.9 Å². The zero-order chi connectivity index (χ0) is 23.5. The predicted octanol–water partition coefficient (Wildman–Crippen LogP) is 3.43. The standard InChI is InChI=1S/C22H28N2OS.C2H2O4/c1-23(15-18-7-4-3-5-8-18)22(25)20-9-6-14-24(17-20)16-19-10-12-21(26-2)13-11-19;3-1(4)2(5)6/h3-5,7-8,10-13,20H,6,9,14-17H2,1-2H3;(H,3,4)(H,5,6). The van der Waals surface area contributed by atoms with Gasteiger partial charge in [0.2, 0.25) is 5.91 Å². The summed E-state index contributed by atoms with van der Waals surface area (Å²) in [6.07, 6.45) is 4.19. The molecule has 2 aromatic carbocycles. The van der Waals surface area contributed by atoms with Crippen LogP contribution in [0.5, 0.6) is 0 Å². The summed E-state index contributed by atoms with van der Waals surface area (Å²) in [5.41, 5.74) is 2.51. The summed E-state index contributed by atoms with van der Waals surface area (Å²) in [6, 6.07) is 19.0.